The maximum atomic E-state index is 5.69. The molecule has 1 saturated heterocycles. The molecule has 1 aliphatic rings. The second kappa shape index (κ2) is 10.1. The molecule has 0 bridgehead atoms. The molecular formula is C20H27N3O2. The van der Waals surface area contributed by atoms with Crippen molar-refractivity contribution in [3.8, 4) is 5.75 Å². The standard InChI is InChI=1S/C20H27N3O2/c1-2-7-20(8-3-1)25-17-16-24-15-14-22-10-12-23(13-11-22)18-19-6-4-5-9-21-19/h1-9H,10-18H2. The SMILES string of the molecule is c1ccc(OCCOCCN2CCN(Cc3ccccn3)CC2)cc1. The van der Waals surface area contributed by atoms with Crippen molar-refractivity contribution in [3.63, 3.8) is 0 Å². The summed E-state index contributed by atoms with van der Waals surface area (Å²) in [4.78, 5) is 9.34. The molecular weight excluding hydrogens is 314 g/mol. The molecule has 2 heterocycles. The molecule has 0 amide bonds. The number of aromatic nitrogens is 1. The highest BCUT2D eigenvalue weighted by molar-refractivity contribution is 5.20. The quantitative estimate of drug-likeness (QED) is 0.654. The van der Waals surface area contributed by atoms with Gasteiger partial charge in [-0.25, -0.2) is 0 Å². The number of nitrogens with zero attached hydrogens (tertiary/aromatic N) is 3. The van der Waals surface area contributed by atoms with E-state index in [0.717, 1.165) is 57.3 Å². The predicted molar refractivity (Wildman–Crippen MR) is 98.7 cm³/mol. The van der Waals surface area contributed by atoms with E-state index in [1.54, 1.807) is 0 Å². The third kappa shape index (κ3) is 6.46. The molecule has 0 atom stereocenters. The molecule has 25 heavy (non-hydrogen) atoms. The largest absolute Gasteiger partial charge is 0.491 e. The Hall–Kier alpha value is -1.95. The van der Waals surface area contributed by atoms with Crippen LogP contribution in [0.4, 0.5) is 0 Å². The van der Waals surface area contributed by atoms with E-state index in [0.29, 0.717) is 13.2 Å². The van der Waals surface area contributed by atoms with Gasteiger partial charge in [0.2, 0.25) is 0 Å². The van der Waals surface area contributed by atoms with Gasteiger partial charge in [0.25, 0.3) is 0 Å². The first kappa shape index (κ1) is 17.9. The van der Waals surface area contributed by atoms with Crippen molar-refractivity contribution in [1.82, 2.24) is 14.8 Å². The van der Waals surface area contributed by atoms with Crippen LogP contribution in [0.1, 0.15) is 5.69 Å². The minimum Gasteiger partial charge on any atom is -0.491 e. The zero-order chi connectivity index (χ0) is 17.2. The monoisotopic (exact) mass is 341 g/mol. The van der Waals surface area contributed by atoms with Gasteiger partial charge in [-0.2, -0.15) is 0 Å². The lowest BCUT2D eigenvalue weighted by atomic mass is 10.2. The zero-order valence-corrected chi connectivity index (χ0v) is 14.7. The Morgan fingerprint density at radius 1 is 0.800 bits per heavy atom. The van der Waals surface area contributed by atoms with Crippen molar-refractivity contribution in [1.29, 1.82) is 0 Å². The van der Waals surface area contributed by atoms with Gasteiger partial charge < -0.3 is 9.47 Å². The van der Waals surface area contributed by atoms with Gasteiger partial charge in [-0.3, -0.25) is 14.8 Å². The molecule has 5 heteroatoms. The van der Waals surface area contributed by atoms with Crippen LogP contribution in [0.2, 0.25) is 0 Å². The molecule has 134 valence electrons. The Balaban J connectivity index is 1.22. The number of ether oxygens (including phenoxy) is 2. The highest BCUT2D eigenvalue weighted by atomic mass is 16.5. The van der Waals surface area contributed by atoms with Gasteiger partial charge in [-0.05, 0) is 24.3 Å². The van der Waals surface area contributed by atoms with Gasteiger partial charge in [0, 0.05) is 45.5 Å². The summed E-state index contributed by atoms with van der Waals surface area (Å²) in [5.74, 6) is 0.898. The van der Waals surface area contributed by atoms with Gasteiger partial charge >= 0.3 is 0 Å². The first-order valence-electron chi connectivity index (χ1n) is 9.00. The number of pyridine rings is 1. The molecule has 2 aromatic rings. The van der Waals surface area contributed by atoms with Crippen LogP contribution < -0.4 is 4.74 Å². The Labute approximate surface area is 150 Å². The van der Waals surface area contributed by atoms with E-state index >= 15 is 0 Å². The van der Waals surface area contributed by atoms with E-state index in [-0.39, 0.29) is 0 Å². The average molecular weight is 341 g/mol. The third-order valence-corrected chi connectivity index (χ3v) is 4.37. The highest BCUT2D eigenvalue weighted by Crippen LogP contribution is 2.08. The topological polar surface area (TPSA) is 37.8 Å². The maximum absolute atomic E-state index is 5.69. The van der Waals surface area contributed by atoms with Gasteiger partial charge in [0.15, 0.2) is 0 Å². The normalized spacial score (nSPS) is 16.0. The summed E-state index contributed by atoms with van der Waals surface area (Å²) in [5, 5.41) is 0. The van der Waals surface area contributed by atoms with Crippen molar-refractivity contribution in [2.45, 2.75) is 6.54 Å². The number of hydrogen-bond donors (Lipinski definition) is 0. The smallest absolute Gasteiger partial charge is 0.119 e. The molecule has 0 unspecified atom stereocenters. The van der Waals surface area contributed by atoms with E-state index in [9.17, 15) is 0 Å². The first-order chi connectivity index (χ1) is 12.4. The highest BCUT2D eigenvalue weighted by Gasteiger charge is 2.16. The summed E-state index contributed by atoms with van der Waals surface area (Å²) in [6.07, 6.45) is 1.87. The van der Waals surface area contributed by atoms with Crippen molar-refractivity contribution in [3.05, 3.63) is 60.4 Å². The van der Waals surface area contributed by atoms with Crippen LogP contribution in [0.5, 0.6) is 5.75 Å². The fraction of sp³-hybridized carbons (Fsp3) is 0.450. The Morgan fingerprint density at radius 3 is 2.32 bits per heavy atom. The third-order valence-electron chi connectivity index (χ3n) is 4.37. The minimum atomic E-state index is 0.599. The minimum absolute atomic E-state index is 0.599. The van der Waals surface area contributed by atoms with Crippen LogP contribution in [0.15, 0.2) is 54.7 Å². The number of piperazine rings is 1. The second-order valence-electron chi connectivity index (χ2n) is 6.21. The van der Waals surface area contributed by atoms with E-state index in [2.05, 4.69) is 26.9 Å². The van der Waals surface area contributed by atoms with Gasteiger partial charge in [0.1, 0.15) is 12.4 Å². The number of benzene rings is 1. The van der Waals surface area contributed by atoms with E-state index in [1.807, 2.05) is 42.6 Å². The maximum Gasteiger partial charge on any atom is 0.119 e. The fourth-order valence-corrected chi connectivity index (χ4v) is 2.92. The van der Waals surface area contributed by atoms with E-state index in [4.69, 9.17) is 9.47 Å². The first-order valence-corrected chi connectivity index (χ1v) is 9.00. The lowest BCUT2D eigenvalue weighted by Crippen LogP contribution is -2.46. The lowest BCUT2D eigenvalue weighted by molar-refractivity contribution is 0.0600. The molecule has 0 radical (unpaired) electrons. The van der Waals surface area contributed by atoms with Crippen molar-refractivity contribution < 1.29 is 9.47 Å². The molecule has 1 aromatic carbocycles. The van der Waals surface area contributed by atoms with Crippen molar-refractivity contribution in [2.24, 2.45) is 0 Å². The molecule has 0 spiro atoms. The van der Waals surface area contributed by atoms with Crippen LogP contribution >= 0.6 is 0 Å². The van der Waals surface area contributed by atoms with Gasteiger partial charge in [0.05, 0.1) is 18.9 Å². The van der Waals surface area contributed by atoms with Gasteiger partial charge in [-0.15, -0.1) is 0 Å². The van der Waals surface area contributed by atoms with Crippen LogP contribution in [0, 0.1) is 0 Å². The van der Waals surface area contributed by atoms with Crippen molar-refractivity contribution >= 4 is 0 Å². The van der Waals surface area contributed by atoms with Crippen LogP contribution in [-0.4, -0.2) is 67.3 Å². The summed E-state index contributed by atoms with van der Waals surface area (Å²) in [6, 6.07) is 16.0. The van der Waals surface area contributed by atoms with Crippen LogP contribution in [0.25, 0.3) is 0 Å². The summed E-state index contributed by atoms with van der Waals surface area (Å²) in [7, 11) is 0. The fourth-order valence-electron chi connectivity index (χ4n) is 2.92. The zero-order valence-electron chi connectivity index (χ0n) is 14.7. The predicted octanol–water partition coefficient (Wildman–Crippen LogP) is 2.29. The molecule has 1 aromatic heterocycles. The summed E-state index contributed by atoms with van der Waals surface area (Å²) in [5.41, 5.74) is 1.15. The molecule has 0 N–H and O–H groups in total. The average Bonchev–Trinajstić information content (AvgIpc) is 2.67. The molecule has 5 nitrogen and oxygen atoms in total. The van der Waals surface area contributed by atoms with Gasteiger partial charge in [-0.1, -0.05) is 24.3 Å². The lowest BCUT2D eigenvalue weighted by Gasteiger charge is -2.34. The summed E-state index contributed by atoms with van der Waals surface area (Å²) < 4.78 is 11.3. The Kier molecular flexibility index (Phi) is 7.24. The van der Waals surface area contributed by atoms with Crippen molar-refractivity contribution in [2.75, 3.05) is 52.5 Å². The summed E-state index contributed by atoms with van der Waals surface area (Å²) in [6.45, 7) is 8.30. The molecule has 3 rings (SSSR count). The van der Waals surface area contributed by atoms with E-state index in [1.165, 1.54) is 0 Å². The summed E-state index contributed by atoms with van der Waals surface area (Å²) >= 11 is 0. The Morgan fingerprint density at radius 2 is 1.56 bits per heavy atom. The number of para-hydroxylation sites is 1. The van der Waals surface area contributed by atoms with Crippen LogP contribution in [-0.2, 0) is 11.3 Å². The molecule has 0 aliphatic carbocycles. The molecule has 1 aliphatic heterocycles. The van der Waals surface area contributed by atoms with Crippen LogP contribution in [0.3, 0.4) is 0 Å². The number of hydrogen-bond acceptors (Lipinski definition) is 5. The van der Waals surface area contributed by atoms with E-state index < -0.39 is 0 Å². The molecule has 0 saturated carbocycles. The number of rotatable bonds is 9. The Bertz CT molecular complexity index is 586. The molecule has 1 fully saturated rings. The second-order valence-corrected chi connectivity index (χ2v) is 6.21.